The second-order valence-corrected chi connectivity index (χ2v) is 3.92. The highest BCUT2D eigenvalue weighted by atomic mass is 19.1. The maximum Gasteiger partial charge on any atom is 0.254 e. The summed E-state index contributed by atoms with van der Waals surface area (Å²) in [6, 6.07) is 1.64. The monoisotopic (exact) mass is 268 g/mol. The predicted molar refractivity (Wildman–Crippen MR) is 66.2 cm³/mol. The van der Waals surface area contributed by atoms with Crippen molar-refractivity contribution in [2.45, 2.75) is 18.9 Å². The quantitative estimate of drug-likeness (QED) is 0.768. The molecular weight excluding hydrogens is 254 g/mol. The van der Waals surface area contributed by atoms with Crippen LogP contribution in [0.4, 0.5) is 8.78 Å². The third-order valence-electron chi connectivity index (χ3n) is 2.48. The molecule has 1 rings (SSSR count). The van der Waals surface area contributed by atoms with Gasteiger partial charge in [0.1, 0.15) is 17.7 Å². The van der Waals surface area contributed by atoms with E-state index in [-0.39, 0.29) is 12.0 Å². The summed E-state index contributed by atoms with van der Waals surface area (Å²) >= 11 is 0. The molecule has 102 valence electrons. The number of nitrogens with two attached hydrogens (primary N) is 1. The second kappa shape index (κ2) is 6.63. The third-order valence-corrected chi connectivity index (χ3v) is 2.48. The van der Waals surface area contributed by atoms with Gasteiger partial charge in [-0.05, 0) is 25.0 Å². The van der Waals surface area contributed by atoms with Gasteiger partial charge in [0.15, 0.2) is 0 Å². The van der Waals surface area contributed by atoms with Gasteiger partial charge in [0.05, 0.1) is 5.56 Å². The Morgan fingerprint density at radius 2 is 2.11 bits per heavy atom. The van der Waals surface area contributed by atoms with Crippen LogP contribution in [0, 0.1) is 11.6 Å². The first kappa shape index (κ1) is 14.8. The van der Waals surface area contributed by atoms with Crippen molar-refractivity contribution in [1.82, 2.24) is 5.32 Å². The maximum atomic E-state index is 13.4. The summed E-state index contributed by atoms with van der Waals surface area (Å²) in [4.78, 5) is 22.9. The number of allylic oxidation sites excluding steroid dienone is 1. The fraction of sp³-hybridized carbons (Fsp3) is 0.231. The van der Waals surface area contributed by atoms with Crippen molar-refractivity contribution >= 4 is 11.8 Å². The molecule has 0 heterocycles. The van der Waals surface area contributed by atoms with E-state index in [1.54, 1.807) is 6.08 Å². The first-order valence-corrected chi connectivity index (χ1v) is 5.62. The SMILES string of the molecule is C=CCC[C@@H](NC(=O)c1ccc(F)cc1F)C(N)=O. The van der Waals surface area contributed by atoms with Crippen LogP contribution in [0.25, 0.3) is 0 Å². The molecule has 19 heavy (non-hydrogen) atoms. The van der Waals surface area contributed by atoms with E-state index in [4.69, 9.17) is 5.73 Å². The molecule has 0 radical (unpaired) electrons. The van der Waals surface area contributed by atoms with Crippen LogP contribution in [0.5, 0.6) is 0 Å². The molecule has 0 aliphatic rings. The van der Waals surface area contributed by atoms with Crippen LogP contribution in [0.2, 0.25) is 0 Å². The molecule has 2 amide bonds. The van der Waals surface area contributed by atoms with E-state index >= 15 is 0 Å². The summed E-state index contributed by atoms with van der Waals surface area (Å²) in [6.45, 7) is 3.49. The molecule has 0 aromatic heterocycles. The van der Waals surface area contributed by atoms with Gasteiger partial charge in [-0.3, -0.25) is 9.59 Å². The van der Waals surface area contributed by atoms with Crippen molar-refractivity contribution in [2.24, 2.45) is 5.73 Å². The van der Waals surface area contributed by atoms with E-state index in [0.717, 1.165) is 12.1 Å². The Morgan fingerprint density at radius 1 is 1.42 bits per heavy atom. The minimum Gasteiger partial charge on any atom is -0.368 e. The molecule has 0 fully saturated rings. The van der Waals surface area contributed by atoms with E-state index in [0.29, 0.717) is 12.5 Å². The molecule has 0 aliphatic heterocycles. The van der Waals surface area contributed by atoms with Crippen molar-refractivity contribution in [2.75, 3.05) is 0 Å². The summed E-state index contributed by atoms with van der Waals surface area (Å²) in [5.41, 5.74) is 4.78. The van der Waals surface area contributed by atoms with Gasteiger partial charge in [-0.25, -0.2) is 8.78 Å². The summed E-state index contributed by atoms with van der Waals surface area (Å²) in [6.07, 6.45) is 2.31. The number of carbonyl (C=O) groups excluding carboxylic acids is 2. The van der Waals surface area contributed by atoms with Crippen LogP contribution in [-0.4, -0.2) is 17.9 Å². The standard InChI is InChI=1S/C13H14F2N2O2/c1-2-3-4-11(12(16)18)17-13(19)9-6-5-8(14)7-10(9)15/h2,5-7,11H,1,3-4H2,(H2,16,18)(H,17,19)/t11-/m1/s1. The Bertz CT molecular complexity index is 503. The van der Waals surface area contributed by atoms with Crippen molar-refractivity contribution in [3.8, 4) is 0 Å². The zero-order chi connectivity index (χ0) is 14.4. The van der Waals surface area contributed by atoms with Gasteiger partial charge in [-0.15, -0.1) is 6.58 Å². The number of amides is 2. The molecular formula is C13H14F2N2O2. The number of primary amides is 1. The Balaban J connectivity index is 2.81. The summed E-state index contributed by atoms with van der Waals surface area (Å²) < 4.78 is 26.1. The minimum atomic E-state index is -0.996. The Labute approximate surface area is 109 Å². The van der Waals surface area contributed by atoms with E-state index < -0.39 is 29.5 Å². The number of halogens is 2. The zero-order valence-electron chi connectivity index (χ0n) is 10.2. The molecule has 3 N–H and O–H groups in total. The van der Waals surface area contributed by atoms with Gasteiger partial charge in [0, 0.05) is 6.07 Å². The fourth-order valence-electron chi connectivity index (χ4n) is 1.48. The molecule has 6 heteroatoms. The average Bonchev–Trinajstić information content (AvgIpc) is 2.33. The Kier molecular flexibility index (Phi) is 5.17. The highest BCUT2D eigenvalue weighted by molar-refractivity contribution is 5.97. The van der Waals surface area contributed by atoms with Gasteiger partial charge in [0.25, 0.3) is 5.91 Å². The molecule has 1 aromatic rings. The molecule has 0 saturated heterocycles. The van der Waals surface area contributed by atoms with Gasteiger partial charge < -0.3 is 11.1 Å². The zero-order valence-corrected chi connectivity index (χ0v) is 10.2. The van der Waals surface area contributed by atoms with E-state index in [2.05, 4.69) is 11.9 Å². The van der Waals surface area contributed by atoms with Gasteiger partial charge in [-0.2, -0.15) is 0 Å². The molecule has 1 atom stereocenters. The molecule has 0 bridgehead atoms. The number of hydrogen-bond acceptors (Lipinski definition) is 2. The lowest BCUT2D eigenvalue weighted by Gasteiger charge is -2.14. The van der Waals surface area contributed by atoms with E-state index in [1.807, 2.05) is 0 Å². The van der Waals surface area contributed by atoms with Crippen molar-refractivity contribution in [3.05, 3.63) is 48.1 Å². The van der Waals surface area contributed by atoms with Gasteiger partial charge >= 0.3 is 0 Å². The van der Waals surface area contributed by atoms with E-state index in [9.17, 15) is 18.4 Å². The molecule has 4 nitrogen and oxygen atoms in total. The topological polar surface area (TPSA) is 72.2 Å². The first-order valence-electron chi connectivity index (χ1n) is 5.62. The molecule has 0 spiro atoms. The highest BCUT2D eigenvalue weighted by Gasteiger charge is 2.20. The number of nitrogens with one attached hydrogen (secondary N) is 1. The summed E-state index contributed by atoms with van der Waals surface area (Å²) in [5, 5.41) is 2.30. The van der Waals surface area contributed by atoms with Gasteiger partial charge in [0.2, 0.25) is 5.91 Å². The maximum absolute atomic E-state index is 13.4. The van der Waals surface area contributed by atoms with Crippen LogP contribution in [0.3, 0.4) is 0 Å². The molecule has 0 aliphatic carbocycles. The lowest BCUT2D eigenvalue weighted by atomic mass is 10.1. The number of carbonyl (C=O) groups is 2. The van der Waals surface area contributed by atoms with Crippen molar-refractivity contribution in [1.29, 1.82) is 0 Å². The van der Waals surface area contributed by atoms with Crippen LogP contribution in [0.1, 0.15) is 23.2 Å². The number of benzene rings is 1. The smallest absolute Gasteiger partial charge is 0.254 e. The highest BCUT2D eigenvalue weighted by Crippen LogP contribution is 2.10. The second-order valence-electron chi connectivity index (χ2n) is 3.92. The van der Waals surface area contributed by atoms with Gasteiger partial charge in [-0.1, -0.05) is 6.08 Å². The summed E-state index contributed by atoms with van der Waals surface area (Å²) in [7, 11) is 0. The van der Waals surface area contributed by atoms with E-state index in [1.165, 1.54) is 0 Å². The molecule has 1 aromatic carbocycles. The predicted octanol–water partition coefficient (Wildman–Crippen LogP) is 1.51. The lowest BCUT2D eigenvalue weighted by molar-refractivity contribution is -0.119. The van der Waals surface area contributed by atoms with Crippen LogP contribution >= 0.6 is 0 Å². The largest absolute Gasteiger partial charge is 0.368 e. The van der Waals surface area contributed by atoms with Crippen molar-refractivity contribution < 1.29 is 18.4 Å². The summed E-state index contributed by atoms with van der Waals surface area (Å²) in [5.74, 6) is -3.32. The van der Waals surface area contributed by atoms with Crippen LogP contribution < -0.4 is 11.1 Å². The average molecular weight is 268 g/mol. The minimum absolute atomic E-state index is 0.271. The molecule has 0 unspecified atom stereocenters. The lowest BCUT2D eigenvalue weighted by Crippen LogP contribution is -2.44. The van der Waals surface area contributed by atoms with Crippen LogP contribution in [-0.2, 0) is 4.79 Å². The van der Waals surface area contributed by atoms with Crippen molar-refractivity contribution in [3.63, 3.8) is 0 Å². The Hall–Kier alpha value is -2.24. The number of rotatable bonds is 6. The van der Waals surface area contributed by atoms with Crippen LogP contribution in [0.15, 0.2) is 30.9 Å². The Morgan fingerprint density at radius 3 is 2.63 bits per heavy atom. The normalized spacial score (nSPS) is 11.7. The third kappa shape index (κ3) is 4.17. The fourth-order valence-corrected chi connectivity index (χ4v) is 1.48. The first-order chi connectivity index (χ1) is 8.95. The number of hydrogen-bond donors (Lipinski definition) is 2. The molecule has 0 saturated carbocycles.